The van der Waals surface area contributed by atoms with Crippen LogP contribution in [0.2, 0.25) is 0 Å². The van der Waals surface area contributed by atoms with Gasteiger partial charge in [0.05, 0.1) is 6.04 Å². The molecule has 0 aromatic carbocycles. The summed E-state index contributed by atoms with van der Waals surface area (Å²) in [7, 11) is 0. The Kier molecular flexibility index (Phi) is 4.63. The Balaban J connectivity index is 1.93. The topological polar surface area (TPSA) is 55.1 Å². The molecule has 1 atom stereocenters. The normalized spacial score (nSPS) is 25.1. The van der Waals surface area contributed by atoms with E-state index in [9.17, 15) is 4.79 Å². The minimum Gasteiger partial charge on any atom is -0.349 e. The van der Waals surface area contributed by atoms with Crippen LogP contribution in [0.5, 0.6) is 0 Å². The molecule has 0 spiro atoms. The molecule has 1 heterocycles. The number of thiophene rings is 1. The quantitative estimate of drug-likeness (QED) is 0.894. The summed E-state index contributed by atoms with van der Waals surface area (Å²) in [6.45, 7) is 6.30. The van der Waals surface area contributed by atoms with Crippen molar-refractivity contribution < 1.29 is 4.79 Å². The predicted molar refractivity (Wildman–Crippen MR) is 80.3 cm³/mol. The lowest BCUT2D eigenvalue weighted by Crippen LogP contribution is -2.37. The van der Waals surface area contributed by atoms with Crippen molar-refractivity contribution in [3.63, 3.8) is 0 Å². The summed E-state index contributed by atoms with van der Waals surface area (Å²) in [6, 6.07) is 2.58. The zero-order chi connectivity index (χ0) is 14.0. The van der Waals surface area contributed by atoms with Gasteiger partial charge in [-0.15, -0.1) is 11.3 Å². The number of amides is 1. The summed E-state index contributed by atoms with van der Waals surface area (Å²) >= 11 is 1.79. The Morgan fingerprint density at radius 2 is 2.00 bits per heavy atom. The van der Waals surface area contributed by atoms with E-state index in [0.29, 0.717) is 6.04 Å². The second kappa shape index (κ2) is 6.06. The van der Waals surface area contributed by atoms with Crippen LogP contribution in [0.1, 0.15) is 54.0 Å². The van der Waals surface area contributed by atoms with Crippen molar-refractivity contribution in [2.24, 2.45) is 11.7 Å². The SMILES string of the molecule is Cc1cc(C(C)NC(=O)C2CCC(N)CC2)c(C)s1. The molecule has 4 heteroatoms. The maximum absolute atomic E-state index is 12.3. The molecule has 106 valence electrons. The summed E-state index contributed by atoms with van der Waals surface area (Å²) in [5.74, 6) is 0.352. The van der Waals surface area contributed by atoms with E-state index in [2.05, 4.69) is 32.2 Å². The van der Waals surface area contributed by atoms with Gasteiger partial charge in [0.1, 0.15) is 0 Å². The van der Waals surface area contributed by atoms with Crippen LogP contribution in [0.25, 0.3) is 0 Å². The highest BCUT2D eigenvalue weighted by molar-refractivity contribution is 7.12. The van der Waals surface area contributed by atoms with Gasteiger partial charge in [0.2, 0.25) is 5.91 Å². The fourth-order valence-corrected chi connectivity index (χ4v) is 3.89. The van der Waals surface area contributed by atoms with Gasteiger partial charge in [-0.2, -0.15) is 0 Å². The maximum atomic E-state index is 12.3. The Bertz CT molecular complexity index is 447. The number of carbonyl (C=O) groups is 1. The maximum Gasteiger partial charge on any atom is 0.223 e. The Morgan fingerprint density at radius 3 is 2.53 bits per heavy atom. The highest BCUT2D eigenvalue weighted by Crippen LogP contribution is 2.28. The molecular weight excluding hydrogens is 256 g/mol. The van der Waals surface area contributed by atoms with Crippen LogP contribution in [0.3, 0.4) is 0 Å². The molecule has 0 saturated heterocycles. The van der Waals surface area contributed by atoms with Crippen molar-refractivity contribution in [3.8, 4) is 0 Å². The van der Waals surface area contributed by atoms with Crippen LogP contribution in [0.4, 0.5) is 0 Å². The monoisotopic (exact) mass is 280 g/mol. The van der Waals surface area contributed by atoms with Crippen molar-refractivity contribution >= 4 is 17.2 Å². The average Bonchev–Trinajstić information content (AvgIpc) is 2.69. The van der Waals surface area contributed by atoms with Gasteiger partial charge in [-0.1, -0.05) is 0 Å². The molecule has 1 fully saturated rings. The first-order valence-electron chi connectivity index (χ1n) is 7.10. The summed E-state index contributed by atoms with van der Waals surface area (Å²) in [6.07, 6.45) is 3.81. The standard InChI is InChI=1S/C15H24N2OS/c1-9-8-14(11(3)19-9)10(2)17-15(18)12-4-6-13(16)7-5-12/h8,10,12-13H,4-7,16H2,1-3H3,(H,17,18). The van der Waals surface area contributed by atoms with E-state index < -0.39 is 0 Å². The third-order valence-electron chi connectivity index (χ3n) is 4.05. The number of hydrogen-bond donors (Lipinski definition) is 2. The van der Waals surface area contributed by atoms with Gasteiger partial charge in [0, 0.05) is 21.7 Å². The molecule has 3 N–H and O–H groups in total. The van der Waals surface area contributed by atoms with E-state index in [4.69, 9.17) is 5.73 Å². The molecule has 0 bridgehead atoms. The summed E-state index contributed by atoms with van der Waals surface area (Å²) in [5.41, 5.74) is 7.13. The van der Waals surface area contributed by atoms with E-state index in [-0.39, 0.29) is 17.9 Å². The van der Waals surface area contributed by atoms with Crippen LogP contribution in [0, 0.1) is 19.8 Å². The number of carbonyl (C=O) groups excluding carboxylic acids is 1. The van der Waals surface area contributed by atoms with E-state index in [1.807, 2.05) is 0 Å². The van der Waals surface area contributed by atoms with Crippen molar-refractivity contribution in [1.29, 1.82) is 0 Å². The van der Waals surface area contributed by atoms with Crippen molar-refractivity contribution in [3.05, 3.63) is 21.4 Å². The number of nitrogens with one attached hydrogen (secondary N) is 1. The van der Waals surface area contributed by atoms with Crippen molar-refractivity contribution in [2.45, 2.75) is 58.5 Å². The molecule has 1 saturated carbocycles. The minimum absolute atomic E-state index is 0.105. The van der Waals surface area contributed by atoms with Crippen molar-refractivity contribution in [2.75, 3.05) is 0 Å². The highest BCUT2D eigenvalue weighted by atomic mass is 32.1. The molecule has 0 radical (unpaired) electrons. The first kappa shape index (κ1) is 14.5. The fourth-order valence-electron chi connectivity index (χ4n) is 2.87. The number of rotatable bonds is 3. The van der Waals surface area contributed by atoms with Gasteiger partial charge >= 0.3 is 0 Å². The summed E-state index contributed by atoms with van der Waals surface area (Å²) in [4.78, 5) is 14.9. The molecule has 0 aliphatic heterocycles. The molecule has 2 rings (SSSR count). The van der Waals surface area contributed by atoms with Gasteiger partial charge in [-0.25, -0.2) is 0 Å². The first-order valence-corrected chi connectivity index (χ1v) is 7.92. The van der Waals surface area contributed by atoms with Gasteiger partial charge in [-0.05, 0) is 58.1 Å². The van der Waals surface area contributed by atoms with Crippen LogP contribution < -0.4 is 11.1 Å². The van der Waals surface area contributed by atoms with Crippen LogP contribution in [-0.2, 0) is 4.79 Å². The first-order chi connectivity index (χ1) is 8.97. The van der Waals surface area contributed by atoms with E-state index in [1.54, 1.807) is 11.3 Å². The molecule has 1 unspecified atom stereocenters. The zero-order valence-corrected chi connectivity index (χ0v) is 12.8. The molecular formula is C15H24N2OS. The number of aryl methyl sites for hydroxylation is 2. The molecule has 1 aromatic heterocycles. The molecule has 19 heavy (non-hydrogen) atoms. The van der Waals surface area contributed by atoms with Gasteiger partial charge in [0.15, 0.2) is 0 Å². The van der Waals surface area contributed by atoms with E-state index in [0.717, 1.165) is 25.7 Å². The summed E-state index contributed by atoms with van der Waals surface area (Å²) < 4.78 is 0. The number of hydrogen-bond acceptors (Lipinski definition) is 3. The molecule has 1 aromatic rings. The lowest BCUT2D eigenvalue weighted by Gasteiger charge is -2.26. The van der Waals surface area contributed by atoms with E-state index in [1.165, 1.54) is 15.3 Å². The Morgan fingerprint density at radius 1 is 1.37 bits per heavy atom. The number of nitrogens with two attached hydrogens (primary N) is 1. The second-order valence-electron chi connectivity index (χ2n) is 5.71. The second-order valence-corrected chi connectivity index (χ2v) is 7.17. The van der Waals surface area contributed by atoms with Crippen LogP contribution in [0.15, 0.2) is 6.07 Å². The Labute approximate surface area is 119 Å². The van der Waals surface area contributed by atoms with Gasteiger partial charge < -0.3 is 11.1 Å². The smallest absolute Gasteiger partial charge is 0.223 e. The Hall–Kier alpha value is -0.870. The average molecular weight is 280 g/mol. The van der Waals surface area contributed by atoms with Crippen molar-refractivity contribution in [1.82, 2.24) is 5.32 Å². The summed E-state index contributed by atoms with van der Waals surface area (Å²) in [5, 5.41) is 3.16. The van der Waals surface area contributed by atoms with Gasteiger partial charge in [0.25, 0.3) is 0 Å². The predicted octanol–water partition coefficient (Wildman–Crippen LogP) is 3.06. The lowest BCUT2D eigenvalue weighted by atomic mass is 9.85. The van der Waals surface area contributed by atoms with Crippen LogP contribution >= 0.6 is 11.3 Å². The third-order valence-corrected chi connectivity index (χ3v) is 5.03. The molecule has 1 aliphatic rings. The molecule has 1 aliphatic carbocycles. The minimum atomic E-state index is 0.105. The van der Waals surface area contributed by atoms with Crippen LogP contribution in [-0.4, -0.2) is 11.9 Å². The highest BCUT2D eigenvalue weighted by Gasteiger charge is 2.26. The molecule has 1 amide bonds. The zero-order valence-electron chi connectivity index (χ0n) is 12.0. The van der Waals surface area contributed by atoms with Gasteiger partial charge in [-0.3, -0.25) is 4.79 Å². The fraction of sp³-hybridized carbons (Fsp3) is 0.667. The third kappa shape index (κ3) is 3.57. The molecule has 3 nitrogen and oxygen atoms in total. The largest absolute Gasteiger partial charge is 0.349 e. The van der Waals surface area contributed by atoms with E-state index >= 15 is 0 Å². The lowest BCUT2D eigenvalue weighted by molar-refractivity contribution is -0.126.